The SMILES string of the molecule is Nc1cc(Br)cc(Br)c1S(=O)(=O)Nc1cccnc1. The first-order valence-electron chi connectivity index (χ1n) is 5.07. The van der Waals surface area contributed by atoms with Crippen LogP contribution in [0.1, 0.15) is 0 Å². The third-order valence-corrected chi connectivity index (χ3v) is 5.06. The Morgan fingerprint density at radius 1 is 1.26 bits per heavy atom. The summed E-state index contributed by atoms with van der Waals surface area (Å²) in [7, 11) is -3.77. The van der Waals surface area contributed by atoms with E-state index in [1.54, 1.807) is 24.4 Å². The van der Waals surface area contributed by atoms with Gasteiger partial charge in [0.25, 0.3) is 10.0 Å². The van der Waals surface area contributed by atoms with Crippen molar-refractivity contribution in [1.29, 1.82) is 0 Å². The second kappa shape index (κ2) is 5.48. The lowest BCUT2D eigenvalue weighted by molar-refractivity contribution is 0.601. The van der Waals surface area contributed by atoms with E-state index in [9.17, 15) is 8.42 Å². The number of hydrogen-bond donors (Lipinski definition) is 2. The molecule has 0 atom stereocenters. The van der Waals surface area contributed by atoms with E-state index in [1.807, 2.05) is 0 Å². The summed E-state index contributed by atoms with van der Waals surface area (Å²) in [6.07, 6.45) is 2.97. The quantitative estimate of drug-likeness (QED) is 0.767. The number of anilines is 2. The lowest BCUT2D eigenvalue weighted by Gasteiger charge is -2.12. The molecule has 0 unspecified atom stereocenters. The van der Waals surface area contributed by atoms with Gasteiger partial charge in [-0.3, -0.25) is 9.71 Å². The molecule has 3 N–H and O–H groups in total. The molecule has 2 aromatic rings. The van der Waals surface area contributed by atoms with E-state index >= 15 is 0 Å². The summed E-state index contributed by atoms with van der Waals surface area (Å²) in [6, 6.07) is 6.39. The van der Waals surface area contributed by atoms with Crippen LogP contribution in [0.5, 0.6) is 0 Å². The van der Waals surface area contributed by atoms with Gasteiger partial charge in [-0.15, -0.1) is 0 Å². The summed E-state index contributed by atoms with van der Waals surface area (Å²) in [5.74, 6) is 0. The number of benzene rings is 1. The minimum absolute atomic E-state index is 0.000414. The molecule has 0 spiro atoms. The average molecular weight is 407 g/mol. The van der Waals surface area contributed by atoms with Crippen LogP contribution in [0.2, 0.25) is 0 Å². The summed E-state index contributed by atoms with van der Waals surface area (Å²) >= 11 is 6.45. The van der Waals surface area contributed by atoms with Crippen molar-refractivity contribution < 1.29 is 8.42 Å². The topological polar surface area (TPSA) is 85.1 Å². The van der Waals surface area contributed by atoms with Crippen molar-refractivity contribution in [1.82, 2.24) is 4.98 Å². The smallest absolute Gasteiger partial charge is 0.265 e. The highest BCUT2D eigenvalue weighted by Gasteiger charge is 2.21. The van der Waals surface area contributed by atoms with Gasteiger partial charge in [-0.05, 0) is 40.2 Å². The van der Waals surface area contributed by atoms with Crippen LogP contribution in [0.4, 0.5) is 11.4 Å². The second-order valence-corrected chi connectivity index (χ2v) is 7.04. The lowest BCUT2D eigenvalue weighted by Crippen LogP contribution is -2.15. The van der Waals surface area contributed by atoms with E-state index in [-0.39, 0.29) is 10.6 Å². The first-order valence-corrected chi connectivity index (χ1v) is 8.14. The van der Waals surface area contributed by atoms with Gasteiger partial charge >= 0.3 is 0 Å². The average Bonchev–Trinajstić information content (AvgIpc) is 2.27. The maximum atomic E-state index is 12.3. The molecule has 1 aromatic heterocycles. The summed E-state index contributed by atoms with van der Waals surface area (Å²) in [6.45, 7) is 0. The van der Waals surface area contributed by atoms with Crippen LogP contribution in [0.15, 0.2) is 50.5 Å². The van der Waals surface area contributed by atoms with Gasteiger partial charge in [0.1, 0.15) is 4.90 Å². The standard InChI is InChI=1S/C11H9Br2N3O2S/c12-7-4-9(13)11(10(14)5-7)19(17,18)16-8-2-1-3-15-6-8/h1-6,16H,14H2. The molecule has 0 bridgehead atoms. The first kappa shape index (κ1) is 14.3. The van der Waals surface area contributed by atoms with Gasteiger partial charge < -0.3 is 5.73 Å². The second-order valence-electron chi connectivity index (χ2n) is 3.65. The number of pyridine rings is 1. The number of rotatable bonds is 3. The maximum Gasteiger partial charge on any atom is 0.265 e. The Bertz CT molecular complexity index is 682. The molecule has 2 rings (SSSR count). The van der Waals surface area contributed by atoms with Crippen molar-refractivity contribution in [3.8, 4) is 0 Å². The van der Waals surface area contributed by atoms with Crippen molar-refractivity contribution in [2.45, 2.75) is 4.90 Å². The van der Waals surface area contributed by atoms with Gasteiger partial charge in [-0.1, -0.05) is 15.9 Å². The Balaban J connectivity index is 2.46. The van der Waals surface area contributed by atoms with Gasteiger partial charge in [-0.2, -0.15) is 0 Å². The van der Waals surface area contributed by atoms with E-state index < -0.39 is 10.0 Å². The third kappa shape index (κ3) is 3.26. The molecule has 100 valence electrons. The fraction of sp³-hybridized carbons (Fsp3) is 0. The number of nitrogens with one attached hydrogen (secondary N) is 1. The third-order valence-electron chi connectivity index (χ3n) is 2.22. The largest absolute Gasteiger partial charge is 0.398 e. The van der Waals surface area contributed by atoms with Crippen LogP contribution in [-0.4, -0.2) is 13.4 Å². The Kier molecular flexibility index (Phi) is 4.12. The minimum Gasteiger partial charge on any atom is -0.398 e. The van der Waals surface area contributed by atoms with Gasteiger partial charge in [0.2, 0.25) is 0 Å². The zero-order valence-corrected chi connectivity index (χ0v) is 13.5. The number of aromatic nitrogens is 1. The number of nitrogen functional groups attached to an aromatic ring is 1. The minimum atomic E-state index is -3.77. The summed E-state index contributed by atoms with van der Waals surface area (Å²) in [5, 5.41) is 0. The molecule has 0 aliphatic rings. The lowest BCUT2D eigenvalue weighted by atomic mass is 10.3. The highest BCUT2D eigenvalue weighted by atomic mass is 79.9. The van der Waals surface area contributed by atoms with Crippen LogP contribution in [-0.2, 0) is 10.0 Å². The van der Waals surface area contributed by atoms with E-state index in [0.717, 1.165) is 0 Å². The molecule has 0 fully saturated rings. The number of nitrogens with two attached hydrogens (primary N) is 1. The zero-order chi connectivity index (χ0) is 14.0. The fourth-order valence-electron chi connectivity index (χ4n) is 1.49. The van der Waals surface area contributed by atoms with Crippen molar-refractivity contribution in [2.24, 2.45) is 0 Å². The van der Waals surface area contributed by atoms with Gasteiger partial charge in [0.15, 0.2) is 0 Å². The molecule has 1 aromatic carbocycles. The Morgan fingerprint density at radius 2 is 2.00 bits per heavy atom. The van der Waals surface area contributed by atoms with Crippen LogP contribution >= 0.6 is 31.9 Å². The Labute approximate surface area is 127 Å². The highest BCUT2D eigenvalue weighted by molar-refractivity contribution is 9.11. The zero-order valence-electron chi connectivity index (χ0n) is 9.47. The van der Waals surface area contributed by atoms with Crippen LogP contribution in [0.25, 0.3) is 0 Å². The summed E-state index contributed by atoms with van der Waals surface area (Å²) in [4.78, 5) is 3.84. The van der Waals surface area contributed by atoms with Crippen molar-refractivity contribution >= 4 is 53.3 Å². The Morgan fingerprint density at radius 3 is 2.58 bits per heavy atom. The van der Waals surface area contributed by atoms with Gasteiger partial charge in [0.05, 0.1) is 17.6 Å². The monoisotopic (exact) mass is 405 g/mol. The maximum absolute atomic E-state index is 12.3. The van der Waals surface area contributed by atoms with E-state index in [1.165, 1.54) is 12.3 Å². The predicted octanol–water partition coefficient (Wildman–Crippen LogP) is 2.99. The van der Waals surface area contributed by atoms with Crippen LogP contribution in [0.3, 0.4) is 0 Å². The summed E-state index contributed by atoms with van der Waals surface area (Å²) in [5.41, 5.74) is 6.29. The van der Waals surface area contributed by atoms with Crippen LogP contribution < -0.4 is 10.5 Å². The molecule has 8 heteroatoms. The molecule has 0 radical (unpaired) electrons. The van der Waals surface area contributed by atoms with Crippen LogP contribution in [0, 0.1) is 0 Å². The van der Waals surface area contributed by atoms with E-state index in [2.05, 4.69) is 41.6 Å². The molecule has 0 saturated carbocycles. The van der Waals surface area contributed by atoms with E-state index in [4.69, 9.17) is 5.73 Å². The molecular formula is C11H9Br2N3O2S. The van der Waals surface area contributed by atoms with E-state index in [0.29, 0.717) is 14.6 Å². The van der Waals surface area contributed by atoms with Crippen molar-refractivity contribution in [3.63, 3.8) is 0 Å². The molecular weight excluding hydrogens is 398 g/mol. The number of nitrogens with zero attached hydrogens (tertiary/aromatic N) is 1. The Hall–Kier alpha value is -1.12. The van der Waals surface area contributed by atoms with Gasteiger partial charge in [-0.25, -0.2) is 8.42 Å². The molecule has 0 aliphatic carbocycles. The fourth-order valence-corrected chi connectivity index (χ4v) is 4.61. The molecule has 1 heterocycles. The molecule has 0 amide bonds. The predicted molar refractivity (Wildman–Crippen MR) is 81.3 cm³/mol. The highest BCUT2D eigenvalue weighted by Crippen LogP contribution is 2.32. The molecule has 19 heavy (non-hydrogen) atoms. The molecule has 0 saturated heterocycles. The molecule has 0 aliphatic heterocycles. The van der Waals surface area contributed by atoms with Crippen molar-refractivity contribution in [3.05, 3.63) is 45.6 Å². The van der Waals surface area contributed by atoms with Gasteiger partial charge in [0, 0.05) is 15.1 Å². The molecule has 5 nitrogen and oxygen atoms in total. The number of halogens is 2. The number of sulfonamides is 1. The van der Waals surface area contributed by atoms with Crippen molar-refractivity contribution in [2.75, 3.05) is 10.5 Å². The summed E-state index contributed by atoms with van der Waals surface area (Å²) < 4.78 is 28.1. The first-order chi connectivity index (χ1) is 8.90. The number of hydrogen-bond acceptors (Lipinski definition) is 4. The normalized spacial score (nSPS) is 11.3.